The van der Waals surface area contributed by atoms with Gasteiger partial charge in [0, 0.05) is 6.08 Å². The fourth-order valence-electron chi connectivity index (χ4n) is 2.43. The van der Waals surface area contributed by atoms with Crippen LogP contribution in [-0.4, -0.2) is 40.7 Å². The first kappa shape index (κ1) is 13.5. The van der Waals surface area contributed by atoms with Crippen LogP contribution in [-0.2, 0) is 4.79 Å². The molecule has 20 heavy (non-hydrogen) atoms. The van der Waals surface area contributed by atoms with Crippen LogP contribution >= 0.6 is 11.8 Å². The van der Waals surface area contributed by atoms with Gasteiger partial charge >= 0.3 is 0 Å². The Balaban J connectivity index is 1.70. The zero-order valence-corrected chi connectivity index (χ0v) is 11.9. The maximum atomic E-state index is 12.3. The quantitative estimate of drug-likeness (QED) is 0.802. The molecule has 2 aliphatic heterocycles. The van der Waals surface area contributed by atoms with E-state index in [4.69, 9.17) is 4.42 Å². The van der Waals surface area contributed by atoms with E-state index >= 15 is 0 Å². The van der Waals surface area contributed by atoms with Crippen molar-refractivity contribution in [3.8, 4) is 0 Å². The van der Waals surface area contributed by atoms with Crippen LogP contribution in [0.3, 0.4) is 0 Å². The number of imide groups is 1. The fraction of sp³-hybridized carbons (Fsp3) is 0.429. The minimum Gasteiger partial charge on any atom is -0.465 e. The molecule has 2 aliphatic rings. The highest BCUT2D eigenvalue weighted by Gasteiger charge is 2.36. The van der Waals surface area contributed by atoms with Crippen molar-refractivity contribution in [3.05, 3.63) is 29.1 Å². The Bertz CT molecular complexity index is 533. The first-order chi connectivity index (χ1) is 9.74. The van der Waals surface area contributed by atoms with E-state index in [1.165, 1.54) is 11.3 Å². The van der Waals surface area contributed by atoms with Crippen molar-refractivity contribution in [1.29, 1.82) is 0 Å². The molecule has 0 saturated carbocycles. The van der Waals surface area contributed by atoms with Gasteiger partial charge in [0.2, 0.25) is 0 Å². The maximum Gasteiger partial charge on any atom is 0.294 e. The van der Waals surface area contributed by atoms with Gasteiger partial charge in [-0.3, -0.25) is 19.4 Å². The van der Waals surface area contributed by atoms with E-state index in [9.17, 15) is 9.59 Å². The summed E-state index contributed by atoms with van der Waals surface area (Å²) in [5.41, 5.74) is 0. The summed E-state index contributed by atoms with van der Waals surface area (Å²) in [7, 11) is 0. The SMILES string of the molecule is O=C1S/C(=C/c2ccco2)C(=O)N1CN1CCCCC1. The molecular formula is C14H16N2O3S. The van der Waals surface area contributed by atoms with Crippen molar-refractivity contribution in [1.82, 2.24) is 9.80 Å². The van der Waals surface area contributed by atoms with Gasteiger partial charge in [-0.1, -0.05) is 6.42 Å². The van der Waals surface area contributed by atoms with E-state index in [0.29, 0.717) is 17.3 Å². The third-order valence-corrected chi connectivity index (χ3v) is 4.39. The van der Waals surface area contributed by atoms with Crippen molar-refractivity contribution in [2.24, 2.45) is 0 Å². The molecule has 0 unspecified atom stereocenters. The summed E-state index contributed by atoms with van der Waals surface area (Å²) in [6, 6.07) is 3.52. The Labute approximate surface area is 121 Å². The van der Waals surface area contributed by atoms with Crippen LogP contribution in [0, 0.1) is 0 Å². The predicted molar refractivity (Wildman–Crippen MR) is 76.8 cm³/mol. The van der Waals surface area contributed by atoms with Gasteiger partial charge in [0.25, 0.3) is 11.1 Å². The monoisotopic (exact) mass is 292 g/mol. The van der Waals surface area contributed by atoms with E-state index < -0.39 is 0 Å². The number of hydrogen-bond acceptors (Lipinski definition) is 5. The van der Waals surface area contributed by atoms with E-state index in [1.54, 1.807) is 24.5 Å². The van der Waals surface area contributed by atoms with Gasteiger partial charge in [0.05, 0.1) is 17.8 Å². The molecule has 2 fully saturated rings. The molecular weight excluding hydrogens is 276 g/mol. The smallest absolute Gasteiger partial charge is 0.294 e. The van der Waals surface area contributed by atoms with Gasteiger partial charge in [-0.05, 0) is 49.8 Å². The lowest BCUT2D eigenvalue weighted by atomic mass is 10.1. The standard InChI is InChI=1S/C14H16N2O3S/c17-13-12(9-11-5-4-8-19-11)20-14(18)16(13)10-15-6-2-1-3-7-15/h4-5,8-9H,1-3,6-7,10H2/b12-9+. The first-order valence-corrected chi connectivity index (χ1v) is 7.57. The third kappa shape index (κ3) is 2.81. The lowest BCUT2D eigenvalue weighted by Crippen LogP contribution is -2.42. The average Bonchev–Trinajstić information content (AvgIpc) is 3.05. The second kappa shape index (κ2) is 5.85. The molecule has 0 aromatic carbocycles. The number of hydrogen-bond donors (Lipinski definition) is 0. The topological polar surface area (TPSA) is 53.8 Å². The van der Waals surface area contributed by atoms with Crippen molar-refractivity contribution >= 4 is 29.0 Å². The number of furan rings is 1. The molecule has 0 aliphatic carbocycles. The van der Waals surface area contributed by atoms with Gasteiger partial charge in [-0.2, -0.15) is 0 Å². The summed E-state index contributed by atoms with van der Waals surface area (Å²) in [5.74, 6) is 0.371. The zero-order valence-electron chi connectivity index (χ0n) is 11.1. The minimum atomic E-state index is -0.220. The van der Waals surface area contributed by atoms with Crippen molar-refractivity contribution in [2.45, 2.75) is 19.3 Å². The van der Waals surface area contributed by atoms with Gasteiger partial charge < -0.3 is 4.42 Å². The highest BCUT2D eigenvalue weighted by atomic mass is 32.2. The van der Waals surface area contributed by atoms with Crippen LogP contribution in [0.25, 0.3) is 6.08 Å². The number of carbonyl (C=O) groups excluding carboxylic acids is 2. The van der Waals surface area contributed by atoms with E-state index in [1.807, 2.05) is 0 Å². The molecule has 0 atom stereocenters. The highest BCUT2D eigenvalue weighted by molar-refractivity contribution is 8.18. The van der Waals surface area contributed by atoms with Gasteiger partial charge in [-0.15, -0.1) is 0 Å². The molecule has 0 N–H and O–H groups in total. The van der Waals surface area contributed by atoms with Gasteiger partial charge in [0.15, 0.2) is 0 Å². The normalized spacial score (nSPS) is 23.0. The van der Waals surface area contributed by atoms with Crippen LogP contribution in [0.2, 0.25) is 0 Å². The van der Waals surface area contributed by atoms with Crippen LogP contribution in [0.15, 0.2) is 27.7 Å². The molecule has 3 heterocycles. The number of likely N-dealkylation sites (tertiary alicyclic amines) is 1. The average molecular weight is 292 g/mol. The third-order valence-electron chi connectivity index (χ3n) is 3.48. The number of amides is 2. The number of thioether (sulfide) groups is 1. The molecule has 1 aromatic heterocycles. The van der Waals surface area contributed by atoms with Crippen molar-refractivity contribution < 1.29 is 14.0 Å². The van der Waals surface area contributed by atoms with Gasteiger partial charge in [-0.25, -0.2) is 0 Å². The lowest BCUT2D eigenvalue weighted by Gasteiger charge is -2.29. The number of nitrogens with zero attached hydrogens (tertiary/aromatic N) is 2. The van der Waals surface area contributed by atoms with Crippen molar-refractivity contribution in [3.63, 3.8) is 0 Å². The lowest BCUT2D eigenvalue weighted by molar-refractivity contribution is -0.124. The summed E-state index contributed by atoms with van der Waals surface area (Å²) in [4.78, 5) is 28.1. The second-order valence-corrected chi connectivity index (χ2v) is 5.94. The molecule has 3 rings (SSSR count). The van der Waals surface area contributed by atoms with Crippen LogP contribution in [0.5, 0.6) is 0 Å². The zero-order chi connectivity index (χ0) is 13.9. The Hall–Kier alpha value is -1.53. The molecule has 106 valence electrons. The highest BCUT2D eigenvalue weighted by Crippen LogP contribution is 2.32. The number of piperidine rings is 1. The van der Waals surface area contributed by atoms with Crippen LogP contribution in [0.1, 0.15) is 25.0 Å². The van der Waals surface area contributed by atoms with E-state index in [2.05, 4.69) is 4.90 Å². The molecule has 1 aromatic rings. The molecule has 5 nitrogen and oxygen atoms in total. The Morgan fingerprint density at radius 3 is 2.75 bits per heavy atom. The molecule has 2 amide bonds. The van der Waals surface area contributed by atoms with Crippen LogP contribution < -0.4 is 0 Å². The Morgan fingerprint density at radius 1 is 1.25 bits per heavy atom. The number of rotatable bonds is 3. The summed E-state index contributed by atoms with van der Waals surface area (Å²) < 4.78 is 5.18. The summed E-state index contributed by atoms with van der Waals surface area (Å²) in [6.07, 6.45) is 6.68. The predicted octanol–water partition coefficient (Wildman–Crippen LogP) is 2.76. The summed E-state index contributed by atoms with van der Waals surface area (Å²) in [5, 5.41) is -0.196. The van der Waals surface area contributed by atoms with Gasteiger partial charge in [0.1, 0.15) is 5.76 Å². The van der Waals surface area contributed by atoms with Crippen LogP contribution in [0.4, 0.5) is 4.79 Å². The second-order valence-electron chi connectivity index (χ2n) is 4.95. The maximum absolute atomic E-state index is 12.3. The molecule has 0 bridgehead atoms. The Morgan fingerprint density at radius 2 is 2.05 bits per heavy atom. The largest absolute Gasteiger partial charge is 0.465 e. The summed E-state index contributed by atoms with van der Waals surface area (Å²) >= 11 is 0.980. The summed E-state index contributed by atoms with van der Waals surface area (Å²) in [6.45, 7) is 2.32. The fourth-order valence-corrected chi connectivity index (χ4v) is 3.24. The Kier molecular flexibility index (Phi) is 3.93. The molecule has 6 heteroatoms. The molecule has 2 saturated heterocycles. The molecule has 0 spiro atoms. The van der Waals surface area contributed by atoms with E-state index in [0.717, 1.165) is 37.7 Å². The first-order valence-electron chi connectivity index (χ1n) is 6.75. The van der Waals surface area contributed by atoms with E-state index in [-0.39, 0.29) is 11.1 Å². The number of carbonyl (C=O) groups is 2. The molecule has 0 radical (unpaired) electrons. The van der Waals surface area contributed by atoms with Crippen molar-refractivity contribution in [2.75, 3.05) is 19.8 Å². The minimum absolute atomic E-state index is 0.196.